The summed E-state index contributed by atoms with van der Waals surface area (Å²) < 4.78 is 80.2. The monoisotopic (exact) mass is 634 g/mol. The number of nitrogens with zero attached hydrogens (tertiary/aromatic N) is 3. The lowest BCUT2D eigenvalue weighted by atomic mass is 9.99. The Morgan fingerprint density at radius 1 is 1.02 bits per heavy atom. The van der Waals surface area contributed by atoms with Crippen molar-refractivity contribution in [1.82, 2.24) is 25.0 Å². The maximum absolute atomic E-state index is 13.4. The quantitative estimate of drug-likeness (QED) is 0.293. The van der Waals surface area contributed by atoms with E-state index in [1.165, 1.54) is 38.1 Å². The molecule has 0 saturated heterocycles. The van der Waals surface area contributed by atoms with Crippen LogP contribution in [0.25, 0.3) is 11.4 Å². The predicted molar refractivity (Wildman–Crippen MR) is 141 cm³/mol. The zero-order valence-corrected chi connectivity index (χ0v) is 23.3. The summed E-state index contributed by atoms with van der Waals surface area (Å²) in [5, 5.41) is 8.74. The van der Waals surface area contributed by atoms with Gasteiger partial charge in [-0.1, -0.05) is 23.7 Å². The molecule has 0 bridgehead atoms. The summed E-state index contributed by atoms with van der Waals surface area (Å²) in [6.45, 7) is 0.688. The summed E-state index contributed by atoms with van der Waals surface area (Å²) in [6.07, 6.45) is -10.8. The minimum Gasteiger partial charge on any atom is -0.368 e. The molecule has 3 amide bonds. The molecule has 2 aromatic carbocycles. The second-order valence-electron chi connectivity index (χ2n) is 9.89. The van der Waals surface area contributed by atoms with E-state index in [9.17, 15) is 45.5 Å². The highest BCUT2D eigenvalue weighted by atomic mass is 35.5. The Labute approximate surface area is 244 Å². The first-order chi connectivity index (χ1) is 19.8. The topological polar surface area (TPSA) is 141 Å². The number of amides is 3. The molecule has 43 heavy (non-hydrogen) atoms. The molecule has 0 radical (unpaired) electrons. The number of primary amides is 1. The van der Waals surface area contributed by atoms with Gasteiger partial charge >= 0.3 is 18.0 Å². The van der Waals surface area contributed by atoms with Crippen LogP contribution in [0.3, 0.4) is 0 Å². The van der Waals surface area contributed by atoms with Gasteiger partial charge in [0, 0.05) is 17.1 Å². The smallest absolute Gasteiger partial charge is 0.368 e. The van der Waals surface area contributed by atoms with E-state index in [0.717, 1.165) is 18.2 Å². The van der Waals surface area contributed by atoms with Crippen LogP contribution in [0.15, 0.2) is 53.3 Å². The van der Waals surface area contributed by atoms with E-state index in [4.69, 9.17) is 17.3 Å². The first kappa shape index (κ1) is 33.2. The van der Waals surface area contributed by atoms with Crippen LogP contribution in [0.5, 0.6) is 0 Å². The number of alkyl halides is 6. The average Bonchev–Trinajstić information content (AvgIpc) is 3.19. The van der Waals surface area contributed by atoms with Crippen molar-refractivity contribution in [3.63, 3.8) is 0 Å². The highest BCUT2D eigenvalue weighted by Gasteiger charge is 2.35. The number of hydrogen-bond acceptors (Lipinski definition) is 5. The second-order valence-corrected chi connectivity index (χ2v) is 10.3. The van der Waals surface area contributed by atoms with Gasteiger partial charge in [0.1, 0.15) is 18.1 Å². The van der Waals surface area contributed by atoms with Crippen molar-refractivity contribution in [2.75, 3.05) is 0 Å². The highest BCUT2D eigenvalue weighted by Crippen LogP contribution is 2.31. The van der Waals surface area contributed by atoms with Crippen LogP contribution in [0.2, 0.25) is 5.02 Å². The summed E-state index contributed by atoms with van der Waals surface area (Å²) in [7, 11) is 0. The van der Waals surface area contributed by atoms with Gasteiger partial charge in [0.2, 0.25) is 17.7 Å². The molecule has 3 rings (SSSR count). The molecule has 0 fully saturated rings. The minimum atomic E-state index is -4.80. The van der Waals surface area contributed by atoms with Gasteiger partial charge in [-0.2, -0.15) is 26.3 Å². The molecule has 0 aliphatic rings. The van der Waals surface area contributed by atoms with Gasteiger partial charge in [-0.05, 0) is 55.8 Å². The Morgan fingerprint density at radius 2 is 1.65 bits per heavy atom. The van der Waals surface area contributed by atoms with Crippen molar-refractivity contribution in [1.29, 1.82) is 0 Å². The molecule has 1 atom stereocenters. The van der Waals surface area contributed by atoms with Crippen molar-refractivity contribution < 1.29 is 40.7 Å². The third-order valence-electron chi connectivity index (χ3n) is 6.10. The van der Waals surface area contributed by atoms with E-state index in [1.807, 2.05) is 0 Å². The minimum absolute atomic E-state index is 0.206. The summed E-state index contributed by atoms with van der Waals surface area (Å²) in [5.74, 6) is -3.42. The molecular formula is C26H25ClF6N6O4. The molecule has 0 aliphatic heterocycles. The normalized spacial score (nSPS) is 13.0. The lowest BCUT2D eigenvalue weighted by Crippen LogP contribution is -2.56. The van der Waals surface area contributed by atoms with E-state index in [2.05, 4.69) is 15.7 Å². The van der Waals surface area contributed by atoms with Gasteiger partial charge in [0.15, 0.2) is 5.82 Å². The molecule has 1 aromatic heterocycles. The third kappa shape index (κ3) is 8.59. The molecule has 10 nitrogen and oxygen atoms in total. The van der Waals surface area contributed by atoms with E-state index >= 15 is 0 Å². The van der Waals surface area contributed by atoms with Gasteiger partial charge < -0.3 is 16.4 Å². The maximum atomic E-state index is 13.4. The van der Waals surface area contributed by atoms with Crippen LogP contribution < -0.4 is 22.1 Å². The first-order valence-corrected chi connectivity index (χ1v) is 12.7. The molecule has 1 unspecified atom stereocenters. The fourth-order valence-corrected chi connectivity index (χ4v) is 3.90. The molecule has 0 spiro atoms. The van der Waals surface area contributed by atoms with Crippen LogP contribution >= 0.6 is 11.6 Å². The van der Waals surface area contributed by atoms with Gasteiger partial charge in [-0.25, -0.2) is 9.48 Å². The fourth-order valence-electron chi connectivity index (χ4n) is 3.78. The number of benzene rings is 2. The van der Waals surface area contributed by atoms with E-state index in [1.54, 1.807) is 0 Å². The van der Waals surface area contributed by atoms with Crippen LogP contribution in [0.1, 0.15) is 37.4 Å². The number of hydrogen-bond donors (Lipinski definition) is 3. The van der Waals surface area contributed by atoms with Crippen molar-refractivity contribution >= 4 is 29.3 Å². The van der Waals surface area contributed by atoms with Crippen molar-refractivity contribution in [2.45, 2.75) is 57.3 Å². The number of halogens is 7. The summed E-state index contributed by atoms with van der Waals surface area (Å²) >= 11 is 5.87. The van der Waals surface area contributed by atoms with Gasteiger partial charge in [-0.3, -0.25) is 19.0 Å². The van der Waals surface area contributed by atoms with E-state index < -0.39 is 72.4 Å². The Balaban J connectivity index is 1.98. The van der Waals surface area contributed by atoms with Crippen LogP contribution in [-0.4, -0.2) is 43.8 Å². The van der Waals surface area contributed by atoms with Gasteiger partial charge in [-0.15, -0.1) is 5.10 Å². The molecule has 17 heteroatoms. The zero-order valence-electron chi connectivity index (χ0n) is 22.5. The number of aromatic nitrogens is 3. The predicted octanol–water partition coefficient (Wildman–Crippen LogP) is 3.57. The van der Waals surface area contributed by atoms with E-state index in [0.29, 0.717) is 20.3 Å². The molecule has 3 aromatic rings. The lowest BCUT2D eigenvalue weighted by molar-refractivity contribution is -0.138. The molecule has 1 heterocycles. The number of nitrogens with one attached hydrogen (secondary N) is 2. The van der Waals surface area contributed by atoms with Crippen LogP contribution in [0.4, 0.5) is 26.3 Å². The molecule has 0 saturated carbocycles. The zero-order chi connectivity index (χ0) is 32.3. The number of carbonyl (C=O) groups excluding carboxylic acids is 3. The average molecular weight is 635 g/mol. The molecule has 0 aliphatic carbocycles. The summed E-state index contributed by atoms with van der Waals surface area (Å²) in [6, 6.07) is 7.26. The Hall–Kier alpha value is -4.34. The Kier molecular flexibility index (Phi) is 9.63. The van der Waals surface area contributed by atoms with E-state index in [-0.39, 0.29) is 17.0 Å². The number of carbonyl (C=O) groups is 3. The van der Waals surface area contributed by atoms with Crippen molar-refractivity contribution in [2.24, 2.45) is 5.73 Å². The number of rotatable bonds is 10. The molecule has 4 N–H and O–H groups in total. The first-order valence-electron chi connectivity index (χ1n) is 12.4. The lowest BCUT2D eigenvalue weighted by Gasteiger charge is -2.27. The fraction of sp³-hybridized carbons (Fsp3) is 0.346. The maximum Gasteiger partial charge on any atom is 0.416 e. The van der Waals surface area contributed by atoms with Crippen molar-refractivity contribution in [3.05, 3.63) is 75.2 Å². The van der Waals surface area contributed by atoms with Crippen LogP contribution in [-0.2, 0) is 33.6 Å². The Morgan fingerprint density at radius 3 is 2.21 bits per heavy atom. The summed E-state index contributed by atoms with van der Waals surface area (Å²) in [4.78, 5) is 50.9. The molecular weight excluding hydrogens is 610 g/mol. The van der Waals surface area contributed by atoms with Crippen molar-refractivity contribution in [3.8, 4) is 11.4 Å². The van der Waals surface area contributed by atoms with Gasteiger partial charge in [0.05, 0.1) is 12.0 Å². The Bertz CT molecular complexity index is 1560. The van der Waals surface area contributed by atoms with Crippen LogP contribution in [0, 0.1) is 0 Å². The third-order valence-corrected chi connectivity index (χ3v) is 6.36. The standard InChI is InChI=1S/C26H25ClF6N6O4/c1-24(2,22(34)42)36-21(41)19(15-4-3-5-16(12-15)26(31,32)33)35-18(40)13-39-23(43)38(11-10-25(28,29)30)20(37-39)14-6-8-17(27)9-7-14/h3-9,12,19H,10-11,13H2,1-2H3,(H2,34,42)(H,35,40)(H,36,41). The SMILES string of the molecule is CC(C)(NC(=O)C(NC(=O)Cn1nc(-c2ccc(Cl)cc2)n(CCC(F)(F)F)c1=O)c1cccc(C(F)(F)F)c1)C(N)=O. The second kappa shape index (κ2) is 12.5. The largest absolute Gasteiger partial charge is 0.416 e. The van der Waals surface area contributed by atoms with Gasteiger partial charge in [0.25, 0.3) is 0 Å². The number of nitrogens with two attached hydrogens (primary N) is 1. The summed E-state index contributed by atoms with van der Waals surface area (Å²) in [5.41, 5.74) is 1.23. The molecule has 232 valence electrons. The highest BCUT2D eigenvalue weighted by molar-refractivity contribution is 6.30.